The lowest BCUT2D eigenvalue weighted by Gasteiger charge is -2.17. The predicted octanol–water partition coefficient (Wildman–Crippen LogP) is 3.01. The summed E-state index contributed by atoms with van der Waals surface area (Å²) in [6, 6.07) is 5.48. The van der Waals surface area contributed by atoms with Gasteiger partial charge in [0.25, 0.3) is 11.8 Å². The van der Waals surface area contributed by atoms with E-state index in [-0.39, 0.29) is 41.6 Å². The van der Waals surface area contributed by atoms with Crippen LogP contribution in [0.5, 0.6) is 11.5 Å². The van der Waals surface area contributed by atoms with Crippen LogP contribution in [0.4, 0.5) is 0 Å². The molecular weight excluding hydrogens is 344 g/mol. The van der Waals surface area contributed by atoms with E-state index in [1.54, 1.807) is 7.11 Å². The maximum Gasteiger partial charge on any atom is 0.254 e. The minimum Gasteiger partial charge on any atom is -0.493 e. The van der Waals surface area contributed by atoms with Gasteiger partial charge in [-0.05, 0) is 43.7 Å². The van der Waals surface area contributed by atoms with Crippen molar-refractivity contribution in [2.24, 2.45) is 28.8 Å². The molecule has 0 radical (unpaired) electrons. The van der Waals surface area contributed by atoms with Crippen molar-refractivity contribution < 1.29 is 19.1 Å². The Balaban J connectivity index is 1.60. The maximum absolute atomic E-state index is 12.7. The van der Waals surface area contributed by atoms with Crippen LogP contribution in [0.3, 0.4) is 0 Å². The van der Waals surface area contributed by atoms with E-state index >= 15 is 0 Å². The van der Waals surface area contributed by atoms with Gasteiger partial charge in [0, 0.05) is 5.56 Å². The highest BCUT2D eigenvalue weighted by Crippen LogP contribution is 2.52. The highest BCUT2D eigenvalue weighted by molar-refractivity contribution is 6.07. The molecule has 6 nitrogen and oxygen atoms in total. The largest absolute Gasteiger partial charge is 0.493 e. The molecular formula is C21H24N2O4. The number of benzene rings is 1. The molecule has 1 aromatic carbocycles. The fourth-order valence-corrected chi connectivity index (χ4v) is 4.33. The molecule has 2 fully saturated rings. The molecule has 142 valence electrons. The monoisotopic (exact) mass is 368 g/mol. The van der Waals surface area contributed by atoms with Crippen LogP contribution in [0.25, 0.3) is 0 Å². The lowest BCUT2D eigenvalue weighted by atomic mass is 9.85. The zero-order valence-corrected chi connectivity index (χ0v) is 15.8. The number of amides is 2. The van der Waals surface area contributed by atoms with Gasteiger partial charge in [-0.15, -0.1) is 0 Å². The third-order valence-corrected chi connectivity index (χ3v) is 5.88. The number of rotatable bonds is 6. The van der Waals surface area contributed by atoms with Crippen molar-refractivity contribution in [3.63, 3.8) is 0 Å². The molecule has 3 aliphatic rings. The molecule has 1 aliphatic heterocycles. The second-order valence-corrected chi connectivity index (χ2v) is 7.45. The lowest BCUT2D eigenvalue weighted by Crippen LogP contribution is -2.28. The number of nitrogens with zero attached hydrogens (tertiary/aromatic N) is 2. The third kappa shape index (κ3) is 2.83. The summed E-state index contributed by atoms with van der Waals surface area (Å²) >= 11 is 0. The minimum absolute atomic E-state index is 0.00422. The van der Waals surface area contributed by atoms with Crippen molar-refractivity contribution in [2.45, 2.75) is 32.8 Å². The smallest absolute Gasteiger partial charge is 0.254 e. The molecule has 6 heteroatoms. The first kappa shape index (κ1) is 17.8. The first-order chi connectivity index (χ1) is 13.0. The molecule has 27 heavy (non-hydrogen) atoms. The van der Waals surface area contributed by atoms with Gasteiger partial charge in [0.2, 0.25) is 0 Å². The number of allylic oxidation sites excluding steroid dienone is 2. The number of hydrazone groups is 1. The number of ether oxygens (including phenoxy) is 2. The van der Waals surface area contributed by atoms with Gasteiger partial charge in [-0.2, -0.15) is 10.1 Å². The van der Waals surface area contributed by atoms with E-state index in [4.69, 9.17) is 9.47 Å². The van der Waals surface area contributed by atoms with E-state index in [9.17, 15) is 9.59 Å². The van der Waals surface area contributed by atoms with Crippen LogP contribution in [0.2, 0.25) is 0 Å². The van der Waals surface area contributed by atoms with Crippen molar-refractivity contribution >= 4 is 18.0 Å². The Kier molecular flexibility index (Phi) is 4.50. The Labute approximate surface area is 158 Å². The average Bonchev–Trinajstić information content (AvgIpc) is 3.35. The number of hydrogen-bond acceptors (Lipinski definition) is 5. The SMILES string of the molecule is CC[C@@H](C)Oc1c(C=NN2C(=O)[C@@H]3[C@H](C2=O)[C@H]2C=C[C@H]3C2)cccc1OC. The van der Waals surface area contributed by atoms with Gasteiger partial charge in [-0.3, -0.25) is 9.59 Å². The maximum atomic E-state index is 12.7. The Morgan fingerprint density at radius 1 is 1.22 bits per heavy atom. The summed E-state index contributed by atoms with van der Waals surface area (Å²) in [6.07, 6.45) is 7.43. The van der Waals surface area contributed by atoms with Gasteiger partial charge in [0.05, 0.1) is 31.3 Å². The third-order valence-electron chi connectivity index (χ3n) is 5.88. The topological polar surface area (TPSA) is 68.2 Å². The molecule has 4 rings (SSSR count). The van der Waals surface area contributed by atoms with Crippen molar-refractivity contribution in [3.05, 3.63) is 35.9 Å². The van der Waals surface area contributed by atoms with Crippen LogP contribution in [-0.4, -0.2) is 36.3 Å². The summed E-state index contributed by atoms with van der Waals surface area (Å²) in [5, 5.41) is 5.30. The minimum atomic E-state index is -0.245. The summed E-state index contributed by atoms with van der Waals surface area (Å²) in [5.41, 5.74) is 0.674. The first-order valence-corrected chi connectivity index (χ1v) is 9.49. The van der Waals surface area contributed by atoms with E-state index in [2.05, 4.69) is 17.3 Å². The van der Waals surface area contributed by atoms with E-state index in [1.807, 2.05) is 32.0 Å². The van der Waals surface area contributed by atoms with E-state index in [1.165, 1.54) is 6.21 Å². The molecule has 1 saturated carbocycles. The molecule has 0 spiro atoms. The predicted molar refractivity (Wildman–Crippen MR) is 101 cm³/mol. The zero-order chi connectivity index (χ0) is 19.1. The van der Waals surface area contributed by atoms with Crippen LogP contribution < -0.4 is 9.47 Å². The number of imide groups is 1. The first-order valence-electron chi connectivity index (χ1n) is 9.49. The van der Waals surface area contributed by atoms with Crippen molar-refractivity contribution in [3.8, 4) is 11.5 Å². The van der Waals surface area contributed by atoms with Crippen molar-refractivity contribution in [2.75, 3.05) is 7.11 Å². The fourth-order valence-electron chi connectivity index (χ4n) is 4.33. The zero-order valence-electron chi connectivity index (χ0n) is 15.8. The standard InChI is InChI=1S/C21H24N2O4/c1-4-12(2)27-19-15(6-5-7-16(19)26-3)11-22-23-20(24)17-13-8-9-14(10-13)18(17)21(23)25/h5-9,11-14,17-18H,4,10H2,1-3H3/t12-,13+,14+,17-,18+/m1/s1. The molecule has 1 heterocycles. The molecule has 2 amide bonds. The summed E-state index contributed by atoms with van der Waals surface area (Å²) in [4.78, 5) is 25.5. The Hall–Kier alpha value is -2.63. The Morgan fingerprint density at radius 3 is 2.48 bits per heavy atom. The molecule has 2 aliphatic carbocycles. The van der Waals surface area contributed by atoms with Gasteiger partial charge in [-0.1, -0.05) is 25.1 Å². The Bertz CT molecular complexity index is 801. The van der Waals surface area contributed by atoms with Gasteiger partial charge in [0.15, 0.2) is 11.5 Å². The van der Waals surface area contributed by atoms with Crippen molar-refractivity contribution in [1.29, 1.82) is 0 Å². The quantitative estimate of drug-likeness (QED) is 0.440. The van der Waals surface area contributed by atoms with E-state index in [0.29, 0.717) is 17.1 Å². The molecule has 0 N–H and O–H groups in total. The number of hydrogen-bond donors (Lipinski definition) is 0. The lowest BCUT2D eigenvalue weighted by molar-refractivity contribution is -0.140. The average molecular weight is 368 g/mol. The van der Waals surface area contributed by atoms with Crippen LogP contribution >= 0.6 is 0 Å². The normalized spacial score (nSPS) is 29.7. The molecule has 1 saturated heterocycles. The van der Waals surface area contributed by atoms with E-state index < -0.39 is 0 Å². The summed E-state index contributed by atoms with van der Waals surface area (Å²) < 4.78 is 11.4. The van der Waals surface area contributed by atoms with Crippen LogP contribution in [0.1, 0.15) is 32.3 Å². The summed E-state index contributed by atoms with van der Waals surface area (Å²) in [5.74, 6) is 0.652. The fraction of sp³-hybridized carbons (Fsp3) is 0.476. The van der Waals surface area contributed by atoms with Crippen molar-refractivity contribution in [1.82, 2.24) is 5.01 Å². The molecule has 0 aromatic heterocycles. The van der Waals surface area contributed by atoms with Crippen LogP contribution in [0, 0.1) is 23.7 Å². The van der Waals surface area contributed by atoms with Crippen LogP contribution in [0.15, 0.2) is 35.5 Å². The second kappa shape index (κ2) is 6.83. The molecule has 5 atom stereocenters. The number of para-hydroxylation sites is 1. The van der Waals surface area contributed by atoms with Gasteiger partial charge in [-0.25, -0.2) is 0 Å². The van der Waals surface area contributed by atoms with Crippen LogP contribution in [-0.2, 0) is 9.59 Å². The molecule has 0 unspecified atom stereocenters. The number of carbonyl (C=O) groups is 2. The Morgan fingerprint density at radius 2 is 1.89 bits per heavy atom. The summed E-state index contributed by atoms with van der Waals surface area (Å²) in [7, 11) is 1.58. The number of carbonyl (C=O) groups excluding carboxylic acids is 2. The number of fused-ring (bicyclic) bond motifs is 5. The second-order valence-electron chi connectivity index (χ2n) is 7.45. The number of methoxy groups -OCH3 is 1. The molecule has 2 bridgehead atoms. The van der Waals surface area contributed by atoms with E-state index in [0.717, 1.165) is 17.9 Å². The highest BCUT2D eigenvalue weighted by atomic mass is 16.5. The van der Waals surface area contributed by atoms with Gasteiger partial charge < -0.3 is 9.47 Å². The van der Waals surface area contributed by atoms with Gasteiger partial charge >= 0.3 is 0 Å². The molecule has 1 aromatic rings. The highest BCUT2D eigenvalue weighted by Gasteiger charge is 2.59. The van der Waals surface area contributed by atoms with Gasteiger partial charge in [0.1, 0.15) is 0 Å². The summed E-state index contributed by atoms with van der Waals surface area (Å²) in [6.45, 7) is 4.02.